The molecule has 0 spiro atoms. The molecule has 5 heteroatoms. The maximum Gasteiger partial charge on any atom is 0.414 e. The van der Waals surface area contributed by atoms with E-state index < -0.39 is 12.3 Å². The Balaban J connectivity index is 2.53. The van der Waals surface area contributed by atoms with Gasteiger partial charge in [-0.3, -0.25) is 0 Å². The molecule has 1 N–H and O–H groups in total. The minimum absolute atomic E-state index is 0.346. The van der Waals surface area contributed by atoms with Crippen molar-refractivity contribution in [2.75, 3.05) is 0 Å². The van der Waals surface area contributed by atoms with Gasteiger partial charge in [0.1, 0.15) is 0 Å². The zero-order chi connectivity index (χ0) is 9.19. The highest BCUT2D eigenvalue weighted by molar-refractivity contribution is 7.09. The van der Waals surface area contributed by atoms with Crippen molar-refractivity contribution in [3.05, 3.63) is 22.4 Å². The molecule has 1 atom stereocenters. The third-order valence-corrected chi connectivity index (χ3v) is 2.25. The van der Waals surface area contributed by atoms with E-state index in [0.29, 0.717) is 4.88 Å². The molecule has 0 aromatic carbocycles. The number of aliphatic hydroxyl groups is 1. The second kappa shape index (κ2) is 3.45. The van der Waals surface area contributed by atoms with Crippen LogP contribution in [0.25, 0.3) is 0 Å². The van der Waals surface area contributed by atoms with Crippen LogP contribution in [0, 0.1) is 0 Å². The summed E-state index contributed by atoms with van der Waals surface area (Å²) in [5.74, 6) is 0. The van der Waals surface area contributed by atoms with Crippen molar-refractivity contribution in [3.8, 4) is 0 Å². The molecule has 1 aromatic rings. The second-order valence-corrected chi connectivity index (χ2v) is 3.37. The monoisotopic (exact) mass is 196 g/mol. The lowest BCUT2D eigenvalue weighted by Gasteiger charge is -2.12. The minimum atomic E-state index is -4.51. The highest BCUT2D eigenvalue weighted by Gasteiger charge is 2.38. The zero-order valence-corrected chi connectivity index (χ0v) is 6.82. The van der Waals surface area contributed by atoms with Crippen LogP contribution < -0.4 is 0 Å². The van der Waals surface area contributed by atoms with Crippen molar-refractivity contribution in [1.82, 2.24) is 0 Å². The van der Waals surface area contributed by atoms with Gasteiger partial charge in [-0.1, -0.05) is 6.07 Å². The normalized spacial score (nSPS) is 14.7. The third kappa shape index (κ3) is 2.49. The number of hydrogen-bond acceptors (Lipinski definition) is 2. The van der Waals surface area contributed by atoms with Gasteiger partial charge in [0.05, 0.1) is 0 Å². The topological polar surface area (TPSA) is 20.2 Å². The number of hydrogen-bond donors (Lipinski definition) is 1. The Morgan fingerprint density at radius 2 is 2.17 bits per heavy atom. The number of thiophene rings is 1. The van der Waals surface area contributed by atoms with Crippen molar-refractivity contribution < 1.29 is 18.3 Å². The van der Waals surface area contributed by atoms with E-state index in [9.17, 15) is 13.2 Å². The molecule has 1 aromatic heterocycles. The fourth-order valence-corrected chi connectivity index (χ4v) is 1.48. The average Bonchev–Trinajstić information content (AvgIpc) is 2.37. The van der Waals surface area contributed by atoms with Gasteiger partial charge in [0.25, 0.3) is 0 Å². The molecule has 0 fully saturated rings. The van der Waals surface area contributed by atoms with E-state index in [4.69, 9.17) is 5.11 Å². The van der Waals surface area contributed by atoms with Crippen LogP contribution in [0.1, 0.15) is 4.88 Å². The molecule has 0 radical (unpaired) electrons. The molecule has 0 bridgehead atoms. The second-order valence-electron chi connectivity index (χ2n) is 2.34. The van der Waals surface area contributed by atoms with Crippen LogP contribution in [-0.2, 0) is 6.42 Å². The van der Waals surface area contributed by atoms with Crippen LogP contribution in [0.3, 0.4) is 0 Å². The van der Waals surface area contributed by atoms with Crippen LogP contribution in [0.15, 0.2) is 17.5 Å². The minimum Gasteiger partial charge on any atom is -0.383 e. The van der Waals surface area contributed by atoms with Crippen LogP contribution in [0.2, 0.25) is 0 Å². The zero-order valence-electron chi connectivity index (χ0n) is 6.01. The summed E-state index contributed by atoms with van der Waals surface area (Å²) >= 11 is 1.21. The number of rotatable bonds is 2. The molecule has 1 nitrogen and oxygen atoms in total. The van der Waals surface area contributed by atoms with E-state index in [-0.39, 0.29) is 6.42 Å². The molecular weight excluding hydrogens is 189 g/mol. The summed E-state index contributed by atoms with van der Waals surface area (Å²) in [6.45, 7) is 0. The van der Waals surface area contributed by atoms with Gasteiger partial charge < -0.3 is 5.11 Å². The highest BCUT2D eigenvalue weighted by atomic mass is 32.1. The molecule has 0 aliphatic rings. The van der Waals surface area contributed by atoms with Gasteiger partial charge in [-0.05, 0) is 11.4 Å². The van der Waals surface area contributed by atoms with Gasteiger partial charge >= 0.3 is 6.18 Å². The van der Waals surface area contributed by atoms with E-state index >= 15 is 0 Å². The van der Waals surface area contributed by atoms with Crippen molar-refractivity contribution in [2.24, 2.45) is 0 Å². The summed E-state index contributed by atoms with van der Waals surface area (Å²) < 4.78 is 35.4. The SMILES string of the molecule is O[C@@H](Cc1cccs1)C(F)(F)F. The lowest BCUT2D eigenvalue weighted by Crippen LogP contribution is -2.30. The van der Waals surface area contributed by atoms with Crippen molar-refractivity contribution in [3.63, 3.8) is 0 Å². The van der Waals surface area contributed by atoms with Gasteiger partial charge in [0.15, 0.2) is 6.10 Å². The van der Waals surface area contributed by atoms with E-state index in [1.807, 2.05) is 0 Å². The molecule has 68 valence electrons. The Kier molecular flexibility index (Phi) is 2.74. The summed E-state index contributed by atoms with van der Waals surface area (Å²) in [6, 6.07) is 3.22. The molecular formula is C7H7F3OS. The summed E-state index contributed by atoms with van der Waals surface area (Å²) in [7, 11) is 0. The van der Waals surface area contributed by atoms with Crippen LogP contribution in [0.5, 0.6) is 0 Å². The lowest BCUT2D eigenvalue weighted by molar-refractivity contribution is -0.202. The van der Waals surface area contributed by atoms with Gasteiger partial charge in [-0.25, -0.2) is 0 Å². The Morgan fingerprint density at radius 3 is 2.58 bits per heavy atom. The quantitative estimate of drug-likeness (QED) is 0.768. The summed E-state index contributed by atoms with van der Waals surface area (Å²) in [4.78, 5) is 0.542. The third-order valence-electron chi connectivity index (χ3n) is 1.35. The molecule has 0 aliphatic heterocycles. The molecule has 0 aliphatic carbocycles. The van der Waals surface area contributed by atoms with Crippen molar-refractivity contribution in [1.29, 1.82) is 0 Å². The average molecular weight is 196 g/mol. The Labute approximate surface area is 71.5 Å². The van der Waals surface area contributed by atoms with Crippen LogP contribution in [-0.4, -0.2) is 17.4 Å². The number of alkyl halides is 3. The van der Waals surface area contributed by atoms with E-state index in [1.54, 1.807) is 17.5 Å². The standard InChI is InChI=1S/C7H7F3OS/c8-7(9,10)6(11)4-5-2-1-3-12-5/h1-3,6,11H,4H2/t6-/m0/s1. The summed E-state index contributed by atoms with van der Waals surface area (Å²) in [6.07, 6.45) is -7.10. The number of halogens is 3. The first kappa shape index (κ1) is 9.54. The summed E-state index contributed by atoms with van der Waals surface area (Å²) in [5, 5.41) is 10.3. The predicted octanol–water partition coefficient (Wildman–Crippen LogP) is 2.21. The highest BCUT2D eigenvalue weighted by Crippen LogP contribution is 2.24. The van der Waals surface area contributed by atoms with Gasteiger partial charge in [-0.2, -0.15) is 13.2 Å². The van der Waals surface area contributed by atoms with E-state index in [2.05, 4.69) is 0 Å². The first-order valence-corrected chi connectivity index (χ1v) is 4.15. The predicted molar refractivity (Wildman–Crippen MR) is 40.1 cm³/mol. The smallest absolute Gasteiger partial charge is 0.383 e. The Hall–Kier alpha value is -0.550. The molecule has 0 amide bonds. The fraction of sp³-hybridized carbons (Fsp3) is 0.429. The van der Waals surface area contributed by atoms with Crippen LogP contribution in [0.4, 0.5) is 13.2 Å². The van der Waals surface area contributed by atoms with Gasteiger partial charge in [0.2, 0.25) is 0 Å². The van der Waals surface area contributed by atoms with Gasteiger partial charge in [-0.15, -0.1) is 11.3 Å². The largest absolute Gasteiger partial charge is 0.414 e. The lowest BCUT2D eigenvalue weighted by atomic mass is 10.2. The maximum absolute atomic E-state index is 11.8. The molecule has 1 heterocycles. The maximum atomic E-state index is 11.8. The van der Waals surface area contributed by atoms with Crippen molar-refractivity contribution in [2.45, 2.75) is 18.7 Å². The van der Waals surface area contributed by atoms with Crippen molar-refractivity contribution >= 4 is 11.3 Å². The Bertz CT molecular complexity index is 229. The Morgan fingerprint density at radius 1 is 1.50 bits per heavy atom. The van der Waals surface area contributed by atoms with E-state index in [0.717, 1.165) is 0 Å². The van der Waals surface area contributed by atoms with Crippen LogP contribution >= 0.6 is 11.3 Å². The van der Waals surface area contributed by atoms with Gasteiger partial charge in [0, 0.05) is 11.3 Å². The molecule has 1 rings (SSSR count). The fourth-order valence-electron chi connectivity index (χ4n) is 0.735. The van der Waals surface area contributed by atoms with E-state index in [1.165, 1.54) is 11.3 Å². The number of aliphatic hydroxyl groups excluding tert-OH is 1. The first-order valence-electron chi connectivity index (χ1n) is 3.27. The molecule has 0 saturated heterocycles. The first-order chi connectivity index (χ1) is 5.50. The summed E-state index contributed by atoms with van der Waals surface area (Å²) in [5.41, 5.74) is 0. The molecule has 12 heavy (non-hydrogen) atoms. The molecule has 0 saturated carbocycles. The molecule has 0 unspecified atom stereocenters.